The largest absolute Gasteiger partial charge is 0.379 e. The minimum atomic E-state index is 0.428. The summed E-state index contributed by atoms with van der Waals surface area (Å²) < 4.78 is 10.8. The Morgan fingerprint density at radius 2 is 2.06 bits per heavy atom. The number of nitrogens with zero attached hydrogens (tertiary/aromatic N) is 5. The fraction of sp³-hybridized carbons (Fsp3) is 0.636. The van der Waals surface area contributed by atoms with Crippen molar-refractivity contribution >= 4 is 5.96 Å². The fourth-order valence-electron chi connectivity index (χ4n) is 3.61. The quantitative estimate of drug-likeness (QED) is 0.437. The van der Waals surface area contributed by atoms with Crippen LogP contribution >= 0.6 is 0 Å². The van der Waals surface area contributed by atoms with Crippen molar-refractivity contribution in [2.24, 2.45) is 10.9 Å². The molecular formula is C22H35N7O2. The van der Waals surface area contributed by atoms with Crippen LogP contribution in [0.25, 0.3) is 11.6 Å². The molecule has 3 rings (SSSR count). The zero-order valence-electron chi connectivity index (χ0n) is 18.9. The second kappa shape index (κ2) is 12.4. The van der Waals surface area contributed by atoms with Gasteiger partial charge in [0.15, 0.2) is 11.8 Å². The van der Waals surface area contributed by atoms with Crippen molar-refractivity contribution in [2.75, 3.05) is 45.9 Å². The van der Waals surface area contributed by atoms with E-state index in [4.69, 9.17) is 14.3 Å². The number of morpholine rings is 1. The van der Waals surface area contributed by atoms with E-state index in [1.165, 1.54) is 0 Å². The minimum Gasteiger partial charge on any atom is -0.379 e. The first kappa shape index (κ1) is 23.1. The van der Waals surface area contributed by atoms with Crippen LogP contribution in [0.15, 0.2) is 33.9 Å². The topological polar surface area (TPSA) is 101 Å². The number of hydrogen-bond acceptors (Lipinski definition) is 7. The van der Waals surface area contributed by atoms with Crippen molar-refractivity contribution in [3.05, 3.63) is 30.2 Å². The van der Waals surface area contributed by atoms with Gasteiger partial charge in [-0.15, -0.1) is 0 Å². The summed E-state index contributed by atoms with van der Waals surface area (Å²) in [6.07, 6.45) is 3.48. The van der Waals surface area contributed by atoms with E-state index in [9.17, 15) is 0 Å². The van der Waals surface area contributed by atoms with E-state index in [1.807, 2.05) is 18.2 Å². The lowest BCUT2D eigenvalue weighted by Gasteiger charge is -2.34. The Morgan fingerprint density at radius 3 is 2.77 bits per heavy atom. The zero-order valence-corrected chi connectivity index (χ0v) is 18.9. The molecule has 170 valence electrons. The van der Waals surface area contributed by atoms with Crippen molar-refractivity contribution < 1.29 is 9.26 Å². The van der Waals surface area contributed by atoms with Crippen molar-refractivity contribution in [1.82, 2.24) is 30.7 Å². The first-order chi connectivity index (χ1) is 15.2. The smallest absolute Gasteiger partial charge is 0.276 e. The summed E-state index contributed by atoms with van der Waals surface area (Å²) in [6.45, 7) is 12.4. The van der Waals surface area contributed by atoms with Gasteiger partial charge < -0.3 is 19.9 Å². The van der Waals surface area contributed by atoms with Crippen LogP contribution in [-0.4, -0.2) is 78.0 Å². The number of guanidine groups is 1. The lowest BCUT2D eigenvalue weighted by Crippen LogP contribution is -2.46. The van der Waals surface area contributed by atoms with Gasteiger partial charge in [0.05, 0.1) is 19.8 Å². The Kier molecular flexibility index (Phi) is 9.23. The maximum absolute atomic E-state index is 5.52. The van der Waals surface area contributed by atoms with Gasteiger partial charge in [0.25, 0.3) is 5.89 Å². The molecule has 0 aliphatic carbocycles. The highest BCUT2D eigenvalue weighted by molar-refractivity contribution is 5.79. The third kappa shape index (κ3) is 7.59. The van der Waals surface area contributed by atoms with Crippen molar-refractivity contribution in [3.8, 4) is 11.6 Å². The van der Waals surface area contributed by atoms with Gasteiger partial charge in [0.2, 0.25) is 0 Å². The summed E-state index contributed by atoms with van der Waals surface area (Å²) >= 11 is 0. The standard InChI is InChI=1S/C22H35N7O2/c1-4-23-22(26-16-18(15-17(2)3)29-11-13-30-14-12-29)25-10-8-20-27-21(31-28-20)19-7-5-6-9-24-19/h5-7,9,17-18H,4,8,10-16H2,1-3H3,(H2,23,25,26). The van der Waals surface area contributed by atoms with Gasteiger partial charge >= 0.3 is 0 Å². The van der Waals surface area contributed by atoms with Crippen LogP contribution in [0.5, 0.6) is 0 Å². The Labute approximate surface area is 184 Å². The van der Waals surface area contributed by atoms with E-state index < -0.39 is 0 Å². The van der Waals surface area contributed by atoms with Gasteiger partial charge in [0, 0.05) is 44.8 Å². The molecule has 0 aromatic carbocycles. The van der Waals surface area contributed by atoms with E-state index in [1.54, 1.807) is 6.20 Å². The van der Waals surface area contributed by atoms with E-state index in [2.05, 4.69) is 51.4 Å². The lowest BCUT2D eigenvalue weighted by molar-refractivity contribution is 0.0143. The number of aliphatic imine (C=N–C) groups is 1. The van der Waals surface area contributed by atoms with Gasteiger partial charge in [-0.25, -0.2) is 0 Å². The first-order valence-electron chi connectivity index (χ1n) is 11.2. The highest BCUT2D eigenvalue weighted by Crippen LogP contribution is 2.14. The number of aromatic nitrogens is 3. The van der Waals surface area contributed by atoms with Crippen molar-refractivity contribution in [1.29, 1.82) is 0 Å². The molecule has 2 aromatic rings. The van der Waals surface area contributed by atoms with Gasteiger partial charge in [-0.05, 0) is 31.4 Å². The molecule has 1 aliphatic heterocycles. The van der Waals surface area contributed by atoms with Crippen LogP contribution in [0.1, 0.15) is 33.0 Å². The fourth-order valence-corrected chi connectivity index (χ4v) is 3.61. The highest BCUT2D eigenvalue weighted by atomic mass is 16.5. The molecule has 2 N–H and O–H groups in total. The summed E-state index contributed by atoms with van der Waals surface area (Å²) in [7, 11) is 0. The Morgan fingerprint density at radius 1 is 1.23 bits per heavy atom. The van der Waals surface area contributed by atoms with Gasteiger partial charge in [-0.3, -0.25) is 14.9 Å². The molecule has 0 amide bonds. The maximum Gasteiger partial charge on any atom is 0.276 e. The SMILES string of the molecule is CCNC(=NCC(CC(C)C)N1CCOCC1)NCCc1noc(-c2ccccn2)n1. The molecule has 2 aromatic heterocycles. The monoisotopic (exact) mass is 429 g/mol. The molecule has 9 nitrogen and oxygen atoms in total. The Bertz CT molecular complexity index is 788. The second-order valence-electron chi connectivity index (χ2n) is 8.06. The zero-order chi connectivity index (χ0) is 21.9. The first-order valence-corrected chi connectivity index (χ1v) is 11.2. The summed E-state index contributed by atoms with van der Waals surface area (Å²) in [4.78, 5) is 16.0. The van der Waals surface area contributed by atoms with Crippen molar-refractivity contribution in [3.63, 3.8) is 0 Å². The molecular weight excluding hydrogens is 394 g/mol. The predicted molar refractivity (Wildman–Crippen MR) is 121 cm³/mol. The average molecular weight is 430 g/mol. The van der Waals surface area contributed by atoms with E-state index in [0.29, 0.717) is 42.3 Å². The van der Waals surface area contributed by atoms with Crippen LogP contribution in [0.3, 0.4) is 0 Å². The molecule has 0 spiro atoms. The Hall–Kier alpha value is -2.52. The summed E-state index contributed by atoms with van der Waals surface area (Å²) in [6, 6.07) is 6.04. The number of nitrogens with one attached hydrogen (secondary N) is 2. The van der Waals surface area contributed by atoms with Crippen LogP contribution in [-0.2, 0) is 11.2 Å². The maximum atomic E-state index is 5.52. The molecule has 0 radical (unpaired) electrons. The molecule has 9 heteroatoms. The summed E-state index contributed by atoms with van der Waals surface area (Å²) in [5, 5.41) is 10.8. The number of rotatable bonds is 10. The summed E-state index contributed by atoms with van der Waals surface area (Å²) in [5.74, 6) is 2.54. The van der Waals surface area contributed by atoms with Gasteiger partial charge in [-0.2, -0.15) is 4.98 Å². The molecule has 1 fully saturated rings. The van der Waals surface area contributed by atoms with E-state index >= 15 is 0 Å². The lowest BCUT2D eigenvalue weighted by atomic mass is 10.0. The highest BCUT2D eigenvalue weighted by Gasteiger charge is 2.21. The minimum absolute atomic E-state index is 0.428. The van der Waals surface area contributed by atoms with Crippen LogP contribution in [0.2, 0.25) is 0 Å². The van der Waals surface area contributed by atoms with Gasteiger partial charge in [-0.1, -0.05) is 25.1 Å². The molecule has 3 heterocycles. The van der Waals surface area contributed by atoms with Crippen LogP contribution < -0.4 is 10.6 Å². The normalized spacial score (nSPS) is 16.5. The van der Waals surface area contributed by atoms with Crippen molar-refractivity contribution in [2.45, 2.75) is 39.7 Å². The van der Waals surface area contributed by atoms with Crippen LogP contribution in [0.4, 0.5) is 0 Å². The number of hydrogen-bond donors (Lipinski definition) is 2. The van der Waals surface area contributed by atoms with E-state index in [-0.39, 0.29) is 0 Å². The van der Waals surface area contributed by atoms with Gasteiger partial charge in [0.1, 0.15) is 5.69 Å². The third-order valence-corrected chi connectivity index (χ3v) is 5.10. The predicted octanol–water partition coefficient (Wildman–Crippen LogP) is 1.98. The van der Waals surface area contributed by atoms with E-state index in [0.717, 1.165) is 51.8 Å². The number of ether oxygens (including phenoxy) is 1. The molecule has 0 saturated carbocycles. The van der Waals surface area contributed by atoms with Crippen LogP contribution in [0, 0.1) is 5.92 Å². The number of pyridine rings is 1. The Balaban J connectivity index is 1.53. The molecule has 1 aliphatic rings. The molecule has 1 atom stereocenters. The molecule has 1 saturated heterocycles. The molecule has 31 heavy (non-hydrogen) atoms. The third-order valence-electron chi connectivity index (χ3n) is 5.10. The average Bonchev–Trinajstić information content (AvgIpc) is 3.26. The second-order valence-corrected chi connectivity index (χ2v) is 8.06. The molecule has 0 bridgehead atoms. The summed E-state index contributed by atoms with van der Waals surface area (Å²) in [5.41, 5.74) is 0.684. The molecule has 1 unspecified atom stereocenters.